The Morgan fingerprint density at radius 3 is 2.82 bits per heavy atom. The lowest BCUT2D eigenvalue weighted by Gasteiger charge is -2.07. The minimum Gasteiger partial charge on any atom is -0.489 e. The van der Waals surface area contributed by atoms with Gasteiger partial charge in [0.1, 0.15) is 12.4 Å². The lowest BCUT2D eigenvalue weighted by Crippen LogP contribution is -1.97. The number of halogens is 1. The summed E-state index contributed by atoms with van der Waals surface area (Å²) in [7, 11) is 0. The van der Waals surface area contributed by atoms with E-state index in [2.05, 4.69) is 15.3 Å². The third kappa shape index (κ3) is 4.39. The molecule has 0 spiro atoms. The topological polar surface area (TPSA) is 55.2 Å². The highest BCUT2D eigenvalue weighted by atomic mass is 35.5. The number of hydrogen-bond donors (Lipinski definition) is 1. The number of hydrogen-bond acceptors (Lipinski definition) is 5. The van der Waals surface area contributed by atoms with Crippen molar-refractivity contribution in [3.05, 3.63) is 87.0 Å². The van der Waals surface area contributed by atoms with Crippen LogP contribution in [0.5, 0.6) is 5.75 Å². The first kappa shape index (κ1) is 18.6. The summed E-state index contributed by atoms with van der Waals surface area (Å²) in [5.74, 6) is 1.44. The number of rotatable bonds is 6. The Kier molecular flexibility index (Phi) is 5.66. The number of ether oxygens (including phenoxy) is 1. The van der Waals surface area contributed by atoms with Gasteiger partial charge < -0.3 is 4.74 Å². The molecule has 0 aliphatic carbocycles. The van der Waals surface area contributed by atoms with Gasteiger partial charge in [-0.2, -0.15) is 14.9 Å². The van der Waals surface area contributed by atoms with E-state index in [-0.39, 0.29) is 0 Å². The van der Waals surface area contributed by atoms with E-state index < -0.39 is 0 Å². The number of benzene rings is 2. The fourth-order valence-corrected chi connectivity index (χ4v) is 3.52. The van der Waals surface area contributed by atoms with Crippen LogP contribution in [-0.4, -0.2) is 21.1 Å². The van der Waals surface area contributed by atoms with Gasteiger partial charge in [0.25, 0.3) is 0 Å². The summed E-state index contributed by atoms with van der Waals surface area (Å²) in [6, 6.07) is 19.2. The Hall–Kier alpha value is -2.74. The van der Waals surface area contributed by atoms with Crippen molar-refractivity contribution in [3.63, 3.8) is 0 Å². The zero-order chi connectivity index (χ0) is 19.3. The van der Waals surface area contributed by atoms with Crippen LogP contribution in [0.3, 0.4) is 0 Å². The molecule has 0 bridgehead atoms. The van der Waals surface area contributed by atoms with Gasteiger partial charge >= 0.3 is 0 Å². The molecule has 0 aliphatic heterocycles. The third-order valence-corrected chi connectivity index (χ3v) is 5.27. The van der Waals surface area contributed by atoms with Crippen molar-refractivity contribution < 1.29 is 4.74 Å². The average molecular weight is 427 g/mol. The Balaban J connectivity index is 1.50. The van der Waals surface area contributed by atoms with E-state index >= 15 is 0 Å². The minimum atomic E-state index is 0.440. The minimum absolute atomic E-state index is 0.440. The smallest absolute Gasteiger partial charge is 0.216 e. The second-order valence-electron chi connectivity index (χ2n) is 5.87. The van der Waals surface area contributed by atoms with Gasteiger partial charge in [-0.25, -0.2) is 5.10 Å². The Bertz CT molecular complexity index is 1150. The highest BCUT2D eigenvalue weighted by Crippen LogP contribution is 2.22. The standard InChI is InChI=1S/C20H15ClN4OS2/c21-16-8-6-14(7-9-16)13-26-17-4-1-3-15(11-17)12-22-25-19(23-24-20(25)27)18-5-2-10-28-18/h1-12H,13H2,(H,24,27)/b22-12-. The van der Waals surface area contributed by atoms with Crippen LogP contribution in [-0.2, 0) is 6.61 Å². The molecule has 8 heteroatoms. The molecule has 0 saturated carbocycles. The maximum absolute atomic E-state index is 5.91. The summed E-state index contributed by atoms with van der Waals surface area (Å²) in [6.45, 7) is 0.465. The molecular formula is C20H15ClN4OS2. The first-order chi connectivity index (χ1) is 13.7. The van der Waals surface area contributed by atoms with E-state index in [1.807, 2.05) is 66.0 Å². The molecule has 0 unspecified atom stereocenters. The van der Waals surface area contributed by atoms with E-state index in [1.165, 1.54) is 0 Å². The maximum Gasteiger partial charge on any atom is 0.216 e. The molecule has 2 heterocycles. The molecule has 0 atom stereocenters. The van der Waals surface area contributed by atoms with Crippen LogP contribution in [0.4, 0.5) is 0 Å². The van der Waals surface area contributed by atoms with Gasteiger partial charge in [-0.3, -0.25) is 0 Å². The second kappa shape index (κ2) is 8.52. The Morgan fingerprint density at radius 2 is 2.04 bits per heavy atom. The molecule has 4 rings (SSSR count). The van der Waals surface area contributed by atoms with Gasteiger partial charge in [0.2, 0.25) is 4.77 Å². The largest absolute Gasteiger partial charge is 0.489 e. The normalized spacial score (nSPS) is 11.2. The summed E-state index contributed by atoms with van der Waals surface area (Å²) < 4.78 is 7.92. The average Bonchev–Trinajstić information content (AvgIpc) is 3.36. The van der Waals surface area contributed by atoms with Crippen molar-refractivity contribution in [2.24, 2.45) is 5.10 Å². The number of aromatic nitrogens is 3. The SMILES string of the molecule is S=c1[nH]nc(-c2cccs2)n1/N=C\c1cccc(OCc2ccc(Cl)cc2)c1. The number of thiophene rings is 1. The van der Waals surface area contributed by atoms with Crippen LogP contribution in [0, 0.1) is 4.77 Å². The molecule has 0 radical (unpaired) electrons. The van der Waals surface area contributed by atoms with Gasteiger partial charge in [-0.05, 0) is 59.1 Å². The monoisotopic (exact) mass is 426 g/mol. The van der Waals surface area contributed by atoms with E-state index in [9.17, 15) is 0 Å². The van der Waals surface area contributed by atoms with Crippen molar-refractivity contribution in [3.8, 4) is 16.5 Å². The Labute approximate surface area is 175 Å². The predicted octanol–water partition coefficient (Wildman–Crippen LogP) is 5.78. The van der Waals surface area contributed by atoms with Gasteiger partial charge in [-0.15, -0.1) is 11.3 Å². The molecule has 1 N–H and O–H groups in total. The highest BCUT2D eigenvalue weighted by Gasteiger charge is 2.08. The third-order valence-electron chi connectivity index (χ3n) is 3.89. The predicted molar refractivity (Wildman–Crippen MR) is 116 cm³/mol. The molecule has 0 saturated heterocycles. The zero-order valence-corrected chi connectivity index (χ0v) is 17.0. The molecule has 28 heavy (non-hydrogen) atoms. The first-order valence-corrected chi connectivity index (χ1v) is 10.1. The molecule has 0 fully saturated rings. The van der Waals surface area contributed by atoms with Crippen LogP contribution in [0.25, 0.3) is 10.7 Å². The van der Waals surface area contributed by atoms with Crippen molar-refractivity contribution >= 4 is 41.4 Å². The molecule has 2 aromatic heterocycles. The number of nitrogens with one attached hydrogen (secondary N) is 1. The van der Waals surface area contributed by atoms with E-state index in [1.54, 1.807) is 22.2 Å². The number of H-pyrrole nitrogens is 1. The fourth-order valence-electron chi connectivity index (χ4n) is 2.52. The van der Waals surface area contributed by atoms with Gasteiger partial charge in [0.15, 0.2) is 5.82 Å². The van der Waals surface area contributed by atoms with Crippen LogP contribution < -0.4 is 4.74 Å². The molecule has 5 nitrogen and oxygen atoms in total. The summed E-state index contributed by atoms with van der Waals surface area (Å²) in [6.07, 6.45) is 1.73. The van der Waals surface area contributed by atoms with Crippen molar-refractivity contribution in [1.82, 2.24) is 14.9 Å². The summed E-state index contributed by atoms with van der Waals surface area (Å²) in [5.41, 5.74) is 1.95. The quantitative estimate of drug-likeness (QED) is 0.314. The van der Waals surface area contributed by atoms with Crippen LogP contribution in [0.1, 0.15) is 11.1 Å². The van der Waals surface area contributed by atoms with Crippen LogP contribution >= 0.6 is 35.2 Å². The molecule has 140 valence electrons. The fraction of sp³-hybridized carbons (Fsp3) is 0.0500. The van der Waals surface area contributed by atoms with Crippen molar-refractivity contribution in [2.75, 3.05) is 0 Å². The lowest BCUT2D eigenvalue weighted by molar-refractivity contribution is 0.306. The highest BCUT2D eigenvalue weighted by molar-refractivity contribution is 7.71. The molecular weight excluding hydrogens is 412 g/mol. The molecule has 0 aliphatic rings. The first-order valence-electron chi connectivity index (χ1n) is 8.42. The summed E-state index contributed by atoms with van der Waals surface area (Å²) in [5, 5.41) is 14.2. The number of nitrogens with zero attached hydrogens (tertiary/aromatic N) is 3. The van der Waals surface area contributed by atoms with E-state index in [0.29, 0.717) is 22.2 Å². The Morgan fingerprint density at radius 1 is 1.18 bits per heavy atom. The second-order valence-corrected chi connectivity index (χ2v) is 7.64. The summed E-state index contributed by atoms with van der Waals surface area (Å²) in [4.78, 5) is 0.990. The number of aromatic amines is 1. The van der Waals surface area contributed by atoms with Gasteiger partial charge in [0.05, 0.1) is 11.1 Å². The molecule has 4 aromatic rings. The van der Waals surface area contributed by atoms with Gasteiger partial charge in [-0.1, -0.05) is 41.9 Å². The van der Waals surface area contributed by atoms with Crippen molar-refractivity contribution in [1.29, 1.82) is 0 Å². The lowest BCUT2D eigenvalue weighted by atomic mass is 10.2. The van der Waals surface area contributed by atoms with E-state index in [4.69, 9.17) is 28.6 Å². The molecule has 0 amide bonds. The molecule has 2 aromatic carbocycles. The zero-order valence-electron chi connectivity index (χ0n) is 14.6. The maximum atomic E-state index is 5.91. The van der Waals surface area contributed by atoms with E-state index in [0.717, 1.165) is 21.8 Å². The van der Waals surface area contributed by atoms with Gasteiger partial charge in [0, 0.05) is 5.02 Å². The van der Waals surface area contributed by atoms with Crippen LogP contribution in [0.15, 0.2) is 71.1 Å². The van der Waals surface area contributed by atoms with Crippen molar-refractivity contribution in [2.45, 2.75) is 6.61 Å². The summed E-state index contributed by atoms with van der Waals surface area (Å²) >= 11 is 12.8. The van der Waals surface area contributed by atoms with Crippen LogP contribution in [0.2, 0.25) is 5.02 Å².